The van der Waals surface area contributed by atoms with Crippen LogP contribution in [0.5, 0.6) is 0 Å². The zero-order valence-electron chi connectivity index (χ0n) is 31.4. The van der Waals surface area contributed by atoms with Crippen molar-refractivity contribution >= 4 is 5.91 Å². The summed E-state index contributed by atoms with van der Waals surface area (Å²) >= 11 is 0. The quantitative estimate of drug-likeness (QED) is 0.0330. The Morgan fingerprint density at radius 2 is 1.24 bits per heavy atom. The van der Waals surface area contributed by atoms with Crippen molar-refractivity contribution in [3.05, 3.63) is 48.6 Å². The summed E-state index contributed by atoms with van der Waals surface area (Å²) < 4.78 is 11.1. The average molecular weight is 708 g/mol. The Labute approximate surface area is 303 Å². The number of amides is 1. The first-order valence-electron chi connectivity index (χ1n) is 19.9. The van der Waals surface area contributed by atoms with Crippen LogP contribution in [0.4, 0.5) is 0 Å². The molecule has 0 spiro atoms. The maximum atomic E-state index is 12.9. The minimum atomic E-state index is -1.57. The SMILES string of the molecule is CC/C=C\C/C=C\C/C=C\CCCCCCCCCC(=O)NC(COC1OC(CO)C(O)C(O)C1O)C(O)/C=C/CCCCCCCCCC. The predicted molar refractivity (Wildman–Crippen MR) is 203 cm³/mol. The van der Waals surface area contributed by atoms with E-state index in [0.717, 1.165) is 70.6 Å². The smallest absolute Gasteiger partial charge is 0.220 e. The van der Waals surface area contributed by atoms with Crippen LogP contribution in [-0.2, 0) is 14.3 Å². The van der Waals surface area contributed by atoms with E-state index in [9.17, 15) is 30.3 Å². The van der Waals surface area contributed by atoms with Crippen LogP contribution >= 0.6 is 0 Å². The molecule has 1 saturated heterocycles. The molecule has 0 radical (unpaired) electrons. The standard InChI is InChI=1S/C41H73NO8/c1-3-5-7-9-11-13-15-16-17-18-19-20-21-23-25-27-29-31-37(45)42-34(33-49-41-40(48)39(47)38(46)36(32-43)50-41)35(44)30-28-26-24-22-14-12-10-8-6-4-2/h5,7,11,13,16-17,28,30,34-36,38-41,43-44,46-48H,3-4,6,8-10,12,14-15,18-27,29,31-33H2,1-2H3,(H,42,45)/b7-5-,13-11-,17-16-,30-28+. The van der Waals surface area contributed by atoms with E-state index in [2.05, 4.69) is 55.6 Å². The predicted octanol–water partition coefficient (Wildman–Crippen LogP) is 7.11. The summed E-state index contributed by atoms with van der Waals surface area (Å²) in [5, 5.41) is 53.9. The highest BCUT2D eigenvalue weighted by atomic mass is 16.7. The first-order chi connectivity index (χ1) is 24.3. The fourth-order valence-electron chi connectivity index (χ4n) is 5.93. The van der Waals surface area contributed by atoms with Gasteiger partial charge in [0.1, 0.15) is 24.4 Å². The van der Waals surface area contributed by atoms with Crippen molar-refractivity contribution in [3.63, 3.8) is 0 Å². The Balaban J connectivity index is 2.41. The van der Waals surface area contributed by atoms with E-state index >= 15 is 0 Å². The Morgan fingerprint density at radius 1 is 0.700 bits per heavy atom. The molecule has 0 aromatic rings. The molecule has 1 amide bonds. The summed E-state index contributed by atoms with van der Waals surface area (Å²) in [6, 6.07) is -0.808. The average Bonchev–Trinajstić information content (AvgIpc) is 3.11. The van der Waals surface area contributed by atoms with E-state index in [1.807, 2.05) is 6.08 Å². The number of ether oxygens (including phenoxy) is 2. The van der Waals surface area contributed by atoms with Crippen LogP contribution in [0.25, 0.3) is 0 Å². The first kappa shape index (κ1) is 46.2. The minimum absolute atomic E-state index is 0.193. The Hall–Kier alpha value is -1.85. The van der Waals surface area contributed by atoms with Gasteiger partial charge in [0.05, 0.1) is 25.4 Å². The molecule has 0 saturated carbocycles. The third-order valence-electron chi connectivity index (χ3n) is 9.16. The van der Waals surface area contributed by atoms with E-state index in [4.69, 9.17) is 9.47 Å². The molecule has 0 aliphatic carbocycles. The molecule has 290 valence electrons. The Bertz CT molecular complexity index is 920. The number of hydrogen-bond acceptors (Lipinski definition) is 8. The van der Waals surface area contributed by atoms with Gasteiger partial charge in [-0.15, -0.1) is 0 Å². The first-order valence-corrected chi connectivity index (χ1v) is 19.9. The molecule has 7 atom stereocenters. The topological polar surface area (TPSA) is 149 Å². The molecule has 0 bridgehead atoms. The molecule has 7 unspecified atom stereocenters. The second kappa shape index (κ2) is 31.9. The van der Waals surface area contributed by atoms with Crippen molar-refractivity contribution < 1.29 is 39.8 Å². The summed E-state index contributed by atoms with van der Waals surface area (Å²) in [6.07, 6.45) is 31.5. The van der Waals surface area contributed by atoms with Gasteiger partial charge in [0.15, 0.2) is 6.29 Å². The van der Waals surface area contributed by atoms with Crippen molar-refractivity contribution in [3.8, 4) is 0 Å². The lowest BCUT2D eigenvalue weighted by Gasteiger charge is -2.40. The van der Waals surface area contributed by atoms with Crippen molar-refractivity contribution in [2.75, 3.05) is 13.2 Å². The van der Waals surface area contributed by atoms with Gasteiger partial charge in [-0.2, -0.15) is 0 Å². The van der Waals surface area contributed by atoms with Gasteiger partial charge in [0.25, 0.3) is 0 Å². The molecule has 6 N–H and O–H groups in total. The van der Waals surface area contributed by atoms with Gasteiger partial charge >= 0.3 is 0 Å². The normalized spacial score (nSPS) is 22.7. The maximum absolute atomic E-state index is 12.9. The summed E-state index contributed by atoms with van der Waals surface area (Å²) in [5.74, 6) is -0.193. The molecule has 1 aliphatic rings. The van der Waals surface area contributed by atoms with Gasteiger partial charge in [-0.05, 0) is 51.4 Å². The van der Waals surface area contributed by atoms with Crippen molar-refractivity contribution in [1.82, 2.24) is 5.32 Å². The lowest BCUT2D eigenvalue weighted by molar-refractivity contribution is -0.302. The number of nitrogens with one attached hydrogen (secondary N) is 1. The number of rotatable bonds is 31. The Kier molecular flexibility index (Phi) is 29.4. The van der Waals surface area contributed by atoms with Crippen LogP contribution in [0.3, 0.4) is 0 Å². The van der Waals surface area contributed by atoms with Crippen LogP contribution in [0.15, 0.2) is 48.6 Å². The maximum Gasteiger partial charge on any atom is 0.220 e. The molecule has 0 aromatic carbocycles. The zero-order valence-corrected chi connectivity index (χ0v) is 31.4. The van der Waals surface area contributed by atoms with Crippen LogP contribution in [0.2, 0.25) is 0 Å². The van der Waals surface area contributed by atoms with Gasteiger partial charge < -0.3 is 40.3 Å². The van der Waals surface area contributed by atoms with Crippen LogP contribution < -0.4 is 5.32 Å². The second-order valence-corrected chi connectivity index (χ2v) is 13.7. The molecule has 1 heterocycles. The van der Waals surface area contributed by atoms with E-state index in [-0.39, 0.29) is 12.5 Å². The van der Waals surface area contributed by atoms with E-state index in [0.29, 0.717) is 6.42 Å². The number of aliphatic hydroxyl groups is 5. The highest BCUT2D eigenvalue weighted by Crippen LogP contribution is 2.22. The van der Waals surface area contributed by atoms with Gasteiger partial charge in [-0.1, -0.05) is 140 Å². The largest absolute Gasteiger partial charge is 0.394 e. The summed E-state index contributed by atoms with van der Waals surface area (Å²) in [6.45, 7) is 3.60. The summed E-state index contributed by atoms with van der Waals surface area (Å²) in [7, 11) is 0. The van der Waals surface area contributed by atoms with Crippen molar-refractivity contribution in [2.24, 2.45) is 0 Å². The summed E-state index contributed by atoms with van der Waals surface area (Å²) in [5.41, 5.74) is 0. The molecule has 1 rings (SSSR count). The molecule has 9 heteroatoms. The third-order valence-corrected chi connectivity index (χ3v) is 9.16. The minimum Gasteiger partial charge on any atom is -0.394 e. The zero-order chi connectivity index (χ0) is 36.7. The van der Waals surface area contributed by atoms with Crippen molar-refractivity contribution in [1.29, 1.82) is 0 Å². The molecule has 50 heavy (non-hydrogen) atoms. The van der Waals surface area contributed by atoms with E-state index < -0.39 is 49.5 Å². The number of allylic oxidation sites excluding steroid dienone is 7. The third kappa shape index (κ3) is 22.9. The van der Waals surface area contributed by atoms with Gasteiger partial charge in [-0.3, -0.25) is 4.79 Å². The van der Waals surface area contributed by atoms with Crippen LogP contribution in [0, 0.1) is 0 Å². The molecule has 1 fully saturated rings. The molecule has 0 aromatic heterocycles. The highest BCUT2D eigenvalue weighted by molar-refractivity contribution is 5.76. The fraction of sp³-hybridized carbons (Fsp3) is 0.780. The van der Waals surface area contributed by atoms with Gasteiger partial charge in [0.2, 0.25) is 5.91 Å². The van der Waals surface area contributed by atoms with E-state index in [1.165, 1.54) is 57.8 Å². The molecular formula is C41H73NO8. The van der Waals surface area contributed by atoms with Crippen LogP contribution in [0.1, 0.15) is 149 Å². The van der Waals surface area contributed by atoms with Gasteiger partial charge in [0, 0.05) is 6.42 Å². The monoisotopic (exact) mass is 708 g/mol. The van der Waals surface area contributed by atoms with Crippen LogP contribution in [-0.4, -0.2) is 87.5 Å². The van der Waals surface area contributed by atoms with Crippen molar-refractivity contribution in [2.45, 2.75) is 192 Å². The second-order valence-electron chi connectivity index (χ2n) is 13.7. The number of carbonyl (C=O) groups is 1. The summed E-state index contributed by atoms with van der Waals surface area (Å²) in [4.78, 5) is 12.9. The number of aliphatic hydroxyl groups excluding tert-OH is 5. The Morgan fingerprint density at radius 3 is 1.84 bits per heavy atom. The lowest BCUT2D eigenvalue weighted by Crippen LogP contribution is -2.60. The highest BCUT2D eigenvalue weighted by Gasteiger charge is 2.44. The fourth-order valence-corrected chi connectivity index (χ4v) is 5.93. The number of carbonyl (C=O) groups excluding carboxylic acids is 1. The van der Waals surface area contributed by atoms with Gasteiger partial charge in [-0.25, -0.2) is 0 Å². The molecule has 9 nitrogen and oxygen atoms in total. The number of hydrogen-bond donors (Lipinski definition) is 6. The molecule has 1 aliphatic heterocycles. The molecular weight excluding hydrogens is 634 g/mol. The van der Waals surface area contributed by atoms with E-state index in [1.54, 1.807) is 6.08 Å². The number of unbranched alkanes of at least 4 members (excludes halogenated alkanes) is 15. The lowest BCUT2D eigenvalue weighted by atomic mass is 9.99.